The smallest absolute Gasteiger partial charge is 0.0975 e. The van der Waals surface area contributed by atoms with Crippen LogP contribution >= 0.6 is 0 Å². The van der Waals surface area contributed by atoms with Gasteiger partial charge in [0.1, 0.15) is 0 Å². The Morgan fingerprint density at radius 1 is 1.33 bits per heavy atom. The molecule has 1 aliphatic rings. The van der Waals surface area contributed by atoms with Gasteiger partial charge in [0.05, 0.1) is 27.1 Å². The van der Waals surface area contributed by atoms with Crippen molar-refractivity contribution in [1.82, 2.24) is 19.5 Å². The second-order valence-corrected chi connectivity index (χ2v) is 8.27. The molecule has 6 heteroatoms. The summed E-state index contributed by atoms with van der Waals surface area (Å²) in [5.74, 6) is 0. The zero-order valence-corrected chi connectivity index (χ0v) is 13.4. The Labute approximate surface area is 127 Å². The zero-order valence-electron chi connectivity index (χ0n) is 12.5. The molecule has 2 aromatic heterocycles. The molecule has 5 nitrogen and oxygen atoms in total. The fourth-order valence-corrected chi connectivity index (χ4v) is 3.26. The van der Waals surface area contributed by atoms with Gasteiger partial charge < -0.3 is 0 Å². The molecule has 0 saturated carbocycles. The molecule has 1 N–H and O–H groups in total. The fraction of sp³-hybridized carbons (Fsp3) is 0.467. The van der Waals surface area contributed by atoms with Crippen LogP contribution < -0.4 is 4.72 Å². The van der Waals surface area contributed by atoms with Gasteiger partial charge in [-0.05, 0) is 45.7 Å². The van der Waals surface area contributed by atoms with Crippen molar-refractivity contribution >= 4 is 11.0 Å². The van der Waals surface area contributed by atoms with Crippen molar-refractivity contribution in [2.24, 2.45) is 0 Å². The van der Waals surface area contributed by atoms with Crippen molar-refractivity contribution in [2.75, 3.05) is 0 Å². The molecule has 2 atom stereocenters. The number of hydrogen-bond acceptors (Lipinski definition) is 3. The van der Waals surface area contributed by atoms with E-state index in [-0.39, 0.29) is 10.8 Å². The lowest BCUT2D eigenvalue weighted by Crippen LogP contribution is -2.35. The number of rotatable bonds is 3. The molecule has 21 heavy (non-hydrogen) atoms. The molecule has 2 heterocycles. The van der Waals surface area contributed by atoms with E-state index in [9.17, 15) is 4.21 Å². The molecule has 0 amide bonds. The van der Waals surface area contributed by atoms with Gasteiger partial charge in [-0.1, -0.05) is 0 Å². The monoisotopic (exact) mass is 304 g/mol. The largest absolute Gasteiger partial charge is 0.265 e. The molecule has 3 rings (SSSR count). The number of hydrogen-bond donors (Lipinski definition) is 1. The van der Waals surface area contributed by atoms with E-state index in [1.54, 1.807) is 12.4 Å². The average Bonchev–Trinajstić information content (AvgIpc) is 3.01. The Balaban J connectivity index is 1.83. The van der Waals surface area contributed by atoms with Crippen molar-refractivity contribution in [3.63, 3.8) is 0 Å². The molecule has 0 saturated heterocycles. The minimum atomic E-state index is -1.07. The summed E-state index contributed by atoms with van der Waals surface area (Å²) in [6.45, 7) is 5.94. The third kappa shape index (κ3) is 2.91. The normalized spacial score (nSPS) is 19.5. The van der Waals surface area contributed by atoms with E-state index in [0.29, 0.717) is 0 Å². The maximum absolute atomic E-state index is 12.3. The first-order valence-electron chi connectivity index (χ1n) is 7.12. The fourth-order valence-electron chi connectivity index (χ4n) is 2.40. The van der Waals surface area contributed by atoms with Crippen LogP contribution in [-0.2, 0) is 17.4 Å². The van der Waals surface area contributed by atoms with E-state index in [0.717, 1.165) is 29.8 Å². The van der Waals surface area contributed by atoms with Crippen LogP contribution in [-0.4, -0.2) is 23.7 Å². The molecular formula is C15H20N4OS. The van der Waals surface area contributed by atoms with Gasteiger partial charge in [0.15, 0.2) is 0 Å². The zero-order chi connectivity index (χ0) is 15.0. The standard InChI is InChI=1S/C15H20N4OS/c1-15(2,3)21(20)18-14-5-4-13-12(14)10-19(17-13)11-6-8-16-9-7-11/h6-10,14,18H,4-5H2,1-3H3/t14-,21-/m0/s1. The van der Waals surface area contributed by atoms with Crippen LogP contribution in [0.2, 0.25) is 0 Å². The van der Waals surface area contributed by atoms with Crippen molar-refractivity contribution < 1.29 is 4.21 Å². The molecular weight excluding hydrogens is 284 g/mol. The lowest BCUT2D eigenvalue weighted by molar-refractivity contribution is 0.592. The van der Waals surface area contributed by atoms with E-state index in [1.807, 2.05) is 43.8 Å². The predicted molar refractivity (Wildman–Crippen MR) is 83.5 cm³/mol. The molecule has 2 aromatic rings. The minimum Gasteiger partial charge on any atom is -0.265 e. The number of aryl methyl sites for hydroxylation is 1. The first-order valence-corrected chi connectivity index (χ1v) is 8.27. The maximum Gasteiger partial charge on any atom is 0.0975 e. The van der Waals surface area contributed by atoms with Crippen LogP contribution in [0.25, 0.3) is 5.69 Å². The summed E-state index contributed by atoms with van der Waals surface area (Å²) >= 11 is 0. The van der Waals surface area contributed by atoms with E-state index in [1.165, 1.54) is 0 Å². The van der Waals surface area contributed by atoms with Crippen molar-refractivity contribution in [3.8, 4) is 5.69 Å². The van der Waals surface area contributed by atoms with Gasteiger partial charge in [-0.3, -0.25) is 4.98 Å². The quantitative estimate of drug-likeness (QED) is 0.946. The lowest BCUT2D eigenvalue weighted by atomic mass is 10.2. The van der Waals surface area contributed by atoms with Gasteiger partial charge in [0.25, 0.3) is 0 Å². The van der Waals surface area contributed by atoms with Crippen molar-refractivity contribution in [1.29, 1.82) is 0 Å². The topological polar surface area (TPSA) is 59.8 Å². The first-order chi connectivity index (χ1) is 9.95. The number of nitrogens with zero attached hydrogens (tertiary/aromatic N) is 3. The third-order valence-corrected chi connectivity index (χ3v) is 5.21. The Kier molecular flexibility index (Phi) is 3.67. The highest BCUT2D eigenvalue weighted by atomic mass is 32.2. The second kappa shape index (κ2) is 5.35. The summed E-state index contributed by atoms with van der Waals surface area (Å²) in [5.41, 5.74) is 3.25. The molecule has 112 valence electrons. The molecule has 1 aliphatic carbocycles. The Hall–Kier alpha value is -1.53. The van der Waals surface area contributed by atoms with Crippen LogP contribution in [0.3, 0.4) is 0 Å². The number of aromatic nitrogens is 3. The highest BCUT2D eigenvalue weighted by Crippen LogP contribution is 2.32. The van der Waals surface area contributed by atoms with Crippen LogP contribution in [0.15, 0.2) is 30.7 Å². The predicted octanol–water partition coefficient (Wildman–Crippen LogP) is 2.31. The second-order valence-electron chi connectivity index (χ2n) is 6.27. The molecule has 0 bridgehead atoms. The van der Waals surface area contributed by atoms with Gasteiger partial charge >= 0.3 is 0 Å². The third-order valence-electron chi connectivity index (χ3n) is 3.60. The van der Waals surface area contributed by atoms with Gasteiger partial charge in [-0.25, -0.2) is 13.6 Å². The number of pyridine rings is 1. The highest BCUT2D eigenvalue weighted by molar-refractivity contribution is 7.84. The van der Waals surface area contributed by atoms with Crippen molar-refractivity contribution in [3.05, 3.63) is 42.0 Å². The first kappa shape index (κ1) is 14.4. The molecule has 0 fully saturated rings. The SMILES string of the molecule is CC(C)(C)[S@](=O)N[C@H]1CCc2nn(-c3ccncc3)cc21. The van der Waals surface area contributed by atoms with Crippen LogP contribution in [0.5, 0.6) is 0 Å². The Bertz CT molecular complexity index is 660. The lowest BCUT2D eigenvalue weighted by Gasteiger charge is -2.21. The highest BCUT2D eigenvalue weighted by Gasteiger charge is 2.30. The van der Waals surface area contributed by atoms with Crippen LogP contribution in [0.4, 0.5) is 0 Å². The maximum atomic E-state index is 12.3. The summed E-state index contributed by atoms with van der Waals surface area (Å²) in [7, 11) is -1.07. The Morgan fingerprint density at radius 2 is 2.05 bits per heavy atom. The van der Waals surface area contributed by atoms with E-state index >= 15 is 0 Å². The summed E-state index contributed by atoms with van der Waals surface area (Å²) < 4.78 is 17.1. The Morgan fingerprint density at radius 3 is 2.71 bits per heavy atom. The van der Waals surface area contributed by atoms with Crippen LogP contribution in [0, 0.1) is 0 Å². The summed E-state index contributed by atoms with van der Waals surface area (Å²) in [6, 6.07) is 3.98. The van der Waals surface area contributed by atoms with Gasteiger partial charge in [0.2, 0.25) is 0 Å². The minimum absolute atomic E-state index is 0.121. The number of fused-ring (bicyclic) bond motifs is 1. The molecule has 0 radical (unpaired) electrons. The molecule has 0 unspecified atom stereocenters. The van der Waals surface area contributed by atoms with Gasteiger partial charge in [-0.2, -0.15) is 5.10 Å². The van der Waals surface area contributed by atoms with Crippen molar-refractivity contribution in [2.45, 2.75) is 44.4 Å². The molecule has 0 spiro atoms. The van der Waals surface area contributed by atoms with Gasteiger partial charge in [0, 0.05) is 30.2 Å². The summed E-state index contributed by atoms with van der Waals surface area (Å²) in [6.07, 6.45) is 7.43. The summed E-state index contributed by atoms with van der Waals surface area (Å²) in [5, 5.41) is 4.63. The number of nitrogens with one attached hydrogen (secondary N) is 1. The van der Waals surface area contributed by atoms with E-state index in [2.05, 4.69) is 14.8 Å². The molecule has 0 aliphatic heterocycles. The average molecular weight is 304 g/mol. The summed E-state index contributed by atoms with van der Waals surface area (Å²) in [4.78, 5) is 4.02. The van der Waals surface area contributed by atoms with E-state index < -0.39 is 11.0 Å². The van der Waals surface area contributed by atoms with Gasteiger partial charge in [-0.15, -0.1) is 0 Å². The van der Waals surface area contributed by atoms with E-state index in [4.69, 9.17) is 0 Å². The molecule has 0 aromatic carbocycles. The van der Waals surface area contributed by atoms with Crippen LogP contribution in [0.1, 0.15) is 44.5 Å².